The minimum absolute atomic E-state index is 0.0220. The molecule has 2 fully saturated rings. The van der Waals surface area contributed by atoms with Gasteiger partial charge in [-0.25, -0.2) is 0 Å². The highest BCUT2D eigenvalue weighted by Crippen LogP contribution is 2.36. The van der Waals surface area contributed by atoms with Crippen molar-refractivity contribution in [1.29, 1.82) is 0 Å². The highest BCUT2D eigenvalue weighted by Gasteiger charge is 2.37. The smallest absolute Gasteiger partial charge is 0.254 e. The summed E-state index contributed by atoms with van der Waals surface area (Å²) >= 11 is 19.0. The van der Waals surface area contributed by atoms with E-state index in [-0.39, 0.29) is 11.9 Å². The van der Waals surface area contributed by atoms with Crippen molar-refractivity contribution in [3.8, 4) is 0 Å². The number of hydrogen-bond acceptors (Lipinski definition) is 4. The molecule has 0 aromatic heterocycles. The summed E-state index contributed by atoms with van der Waals surface area (Å²) in [4.78, 5) is 16.7. The number of benzene rings is 2. The first-order valence-electron chi connectivity index (χ1n) is 12.3. The largest absolute Gasteiger partial charge is 0.381 e. The van der Waals surface area contributed by atoms with Crippen molar-refractivity contribution in [2.24, 2.45) is 0 Å². The number of piperidine rings is 1. The third-order valence-corrected chi connectivity index (χ3v) is 8.17. The maximum atomic E-state index is 12.4. The molecule has 2 heterocycles. The molecule has 2 aromatic carbocycles. The van der Waals surface area contributed by atoms with Crippen LogP contribution in [0.25, 0.3) is 0 Å². The number of rotatable bonds is 6. The molecule has 1 amide bonds. The van der Waals surface area contributed by atoms with Gasteiger partial charge in [0.05, 0.1) is 16.8 Å². The molecule has 0 aliphatic carbocycles. The molecular formula is C27H34Cl3N3O2. The summed E-state index contributed by atoms with van der Waals surface area (Å²) in [6, 6.07) is 12.2. The summed E-state index contributed by atoms with van der Waals surface area (Å²) in [6.07, 6.45) is 3.10. The highest BCUT2D eigenvalue weighted by molar-refractivity contribution is 6.35. The first-order chi connectivity index (χ1) is 16.5. The lowest BCUT2D eigenvalue weighted by molar-refractivity contribution is -0.146. The number of amides is 1. The molecule has 0 spiro atoms. The molecular weight excluding hydrogens is 505 g/mol. The van der Waals surface area contributed by atoms with Crippen LogP contribution in [0.4, 0.5) is 5.69 Å². The van der Waals surface area contributed by atoms with Gasteiger partial charge in [0.1, 0.15) is 5.60 Å². The van der Waals surface area contributed by atoms with E-state index in [4.69, 9.17) is 34.8 Å². The van der Waals surface area contributed by atoms with E-state index in [0.29, 0.717) is 33.6 Å². The van der Waals surface area contributed by atoms with Crippen LogP contribution in [0.1, 0.15) is 63.1 Å². The molecule has 0 saturated carbocycles. The van der Waals surface area contributed by atoms with Crippen LogP contribution in [0.3, 0.4) is 0 Å². The molecule has 2 N–H and O–H groups in total. The third kappa shape index (κ3) is 6.26. The van der Waals surface area contributed by atoms with Crippen LogP contribution in [0.2, 0.25) is 15.1 Å². The van der Waals surface area contributed by atoms with Crippen molar-refractivity contribution in [2.45, 2.75) is 63.6 Å². The number of anilines is 1. The van der Waals surface area contributed by atoms with Crippen LogP contribution in [0, 0.1) is 0 Å². The van der Waals surface area contributed by atoms with Crippen LogP contribution in [-0.2, 0) is 4.79 Å². The molecule has 2 aromatic rings. The fourth-order valence-electron chi connectivity index (χ4n) is 5.28. The van der Waals surface area contributed by atoms with Gasteiger partial charge in [-0.15, -0.1) is 0 Å². The van der Waals surface area contributed by atoms with E-state index in [9.17, 15) is 9.90 Å². The summed E-state index contributed by atoms with van der Waals surface area (Å²) < 4.78 is 0. The average molecular weight is 539 g/mol. The Morgan fingerprint density at radius 1 is 1.03 bits per heavy atom. The van der Waals surface area contributed by atoms with Crippen molar-refractivity contribution >= 4 is 46.4 Å². The summed E-state index contributed by atoms with van der Waals surface area (Å²) in [6.45, 7) is 8.61. The van der Waals surface area contributed by atoms with Crippen LogP contribution in [-0.4, -0.2) is 58.6 Å². The predicted molar refractivity (Wildman–Crippen MR) is 145 cm³/mol. The average Bonchev–Trinajstić information content (AvgIpc) is 3.29. The van der Waals surface area contributed by atoms with E-state index in [1.54, 1.807) is 19.9 Å². The monoisotopic (exact) mass is 537 g/mol. The van der Waals surface area contributed by atoms with Gasteiger partial charge in [0.2, 0.25) is 0 Å². The molecule has 2 saturated heterocycles. The van der Waals surface area contributed by atoms with Crippen LogP contribution in [0.5, 0.6) is 0 Å². The van der Waals surface area contributed by atoms with Crippen molar-refractivity contribution in [3.05, 3.63) is 62.6 Å². The Hall–Kier alpha value is -1.50. The van der Waals surface area contributed by atoms with E-state index in [1.807, 2.05) is 23.1 Å². The molecule has 0 bridgehead atoms. The van der Waals surface area contributed by atoms with Crippen molar-refractivity contribution in [1.82, 2.24) is 9.80 Å². The molecule has 2 atom stereocenters. The van der Waals surface area contributed by atoms with Crippen molar-refractivity contribution in [2.75, 3.05) is 31.5 Å². The summed E-state index contributed by atoms with van der Waals surface area (Å²) in [5, 5.41) is 15.5. The Morgan fingerprint density at radius 3 is 2.40 bits per heavy atom. The molecule has 5 nitrogen and oxygen atoms in total. The van der Waals surface area contributed by atoms with Gasteiger partial charge < -0.3 is 15.3 Å². The van der Waals surface area contributed by atoms with E-state index in [0.717, 1.165) is 50.1 Å². The van der Waals surface area contributed by atoms with Gasteiger partial charge >= 0.3 is 0 Å². The molecule has 35 heavy (non-hydrogen) atoms. The first kappa shape index (κ1) is 26.6. The van der Waals surface area contributed by atoms with Crippen molar-refractivity contribution < 1.29 is 9.90 Å². The number of hydrogen-bond donors (Lipinski definition) is 2. The lowest BCUT2D eigenvalue weighted by atomic mass is 9.88. The van der Waals surface area contributed by atoms with Gasteiger partial charge in [0.15, 0.2) is 0 Å². The molecule has 4 rings (SSSR count). The molecule has 1 unspecified atom stereocenters. The predicted octanol–water partition coefficient (Wildman–Crippen LogP) is 6.37. The number of nitrogens with one attached hydrogen (secondary N) is 1. The zero-order valence-electron chi connectivity index (χ0n) is 20.5. The number of carbonyl (C=O) groups excluding carboxylic acids is 1. The molecule has 8 heteroatoms. The first-order valence-corrected chi connectivity index (χ1v) is 13.4. The minimum Gasteiger partial charge on any atom is -0.381 e. The minimum atomic E-state index is -1.31. The zero-order valence-corrected chi connectivity index (χ0v) is 22.8. The molecule has 2 aliphatic heterocycles. The maximum absolute atomic E-state index is 12.4. The molecule has 0 radical (unpaired) electrons. The second kappa shape index (κ2) is 10.9. The Labute approximate surface area is 223 Å². The van der Waals surface area contributed by atoms with Gasteiger partial charge in [0, 0.05) is 29.2 Å². The number of aliphatic hydroxyl groups is 1. The van der Waals surface area contributed by atoms with E-state index in [2.05, 4.69) is 29.3 Å². The van der Waals surface area contributed by atoms with Crippen LogP contribution < -0.4 is 5.32 Å². The second-order valence-corrected chi connectivity index (χ2v) is 11.6. The van der Waals surface area contributed by atoms with Gasteiger partial charge in [0.25, 0.3) is 5.91 Å². The normalized spacial score (nSPS) is 20.8. The fraction of sp³-hybridized carbons (Fsp3) is 0.519. The van der Waals surface area contributed by atoms with Crippen LogP contribution >= 0.6 is 34.8 Å². The fourth-order valence-corrected chi connectivity index (χ4v) is 6.02. The summed E-state index contributed by atoms with van der Waals surface area (Å²) in [5.74, 6) is 0.291. The Morgan fingerprint density at radius 2 is 1.74 bits per heavy atom. The van der Waals surface area contributed by atoms with Crippen molar-refractivity contribution in [3.63, 3.8) is 0 Å². The van der Waals surface area contributed by atoms with E-state index in [1.165, 1.54) is 5.56 Å². The highest BCUT2D eigenvalue weighted by atomic mass is 35.5. The van der Waals surface area contributed by atoms with Gasteiger partial charge in [-0.05, 0) is 94.4 Å². The van der Waals surface area contributed by atoms with Gasteiger partial charge in [-0.1, -0.05) is 46.9 Å². The zero-order chi connectivity index (χ0) is 25.3. The maximum Gasteiger partial charge on any atom is 0.254 e. The quantitative estimate of drug-likeness (QED) is 0.449. The number of halogens is 3. The van der Waals surface area contributed by atoms with E-state index >= 15 is 0 Å². The Kier molecular flexibility index (Phi) is 8.24. The second-order valence-electron chi connectivity index (χ2n) is 10.3. The van der Waals surface area contributed by atoms with Crippen LogP contribution in [0.15, 0.2) is 36.4 Å². The van der Waals surface area contributed by atoms with Gasteiger partial charge in [-0.2, -0.15) is 0 Å². The topological polar surface area (TPSA) is 55.8 Å². The lowest BCUT2D eigenvalue weighted by Gasteiger charge is -2.36. The Balaban J connectivity index is 1.36. The summed E-state index contributed by atoms with van der Waals surface area (Å²) in [7, 11) is 0. The number of likely N-dealkylation sites (tertiary alicyclic amines) is 2. The lowest BCUT2D eigenvalue weighted by Crippen LogP contribution is -2.47. The number of carbonyl (C=O) groups is 1. The standard InChI is InChI=1S/C27H34Cl3N3O2/c1-17(22-6-5-20(28)15-24(22)30)31-25-14-19(4-7-23(25)29)18-8-11-32(12-9-18)21-10-13-33(16-21)26(34)27(2,3)35/h4-7,14-15,17-18,21,31,35H,8-13,16H2,1-3H3/t17-,21?/m1/s1. The molecule has 190 valence electrons. The van der Waals surface area contributed by atoms with E-state index < -0.39 is 5.60 Å². The third-order valence-electron chi connectivity index (χ3n) is 7.28. The van der Waals surface area contributed by atoms with Gasteiger partial charge in [-0.3, -0.25) is 9.69 Å². The molecule has 2 aliphatic rings. The SMILES string of the molecule is C[C@@H](Nc1cc(C2CCN(C3CCN(C(=O)C(C)(C)O)C3)CC2)ccc1Cl)c1ccc(Cl)cc1Cl. The number of nitrogens with zero attached hydrogens (tertiary/aromatic N) is 2. The summed E-state index contributed by atoms with van der Waals surface area (Å²) in [5.41, 5.74) is 1.86. The Bertz CT molecular complexity index is 1060.